The first-order valence-electron chi connectivity index (χ1n) is 6.04. The second-order valence-corrected chi connectivity index (χ2v) is 4.80. The van der Waals surface area contributed by atoms with E-state index in [-0.39, 0.29) is 0 Å². The molecule has 1 aromatic carbocycles. The zero-order valence-corrected chi connectivity index (χ0v) is 11.0. The molecule has 0 unspecified atom stereocenters. The number of hydrogen-bond donors (Lipinski definition) is 1. The lowest BCUT2D eigenvalue weighted by atomic mass is 10.2. The monoisotopic (exact) mass is 272 g/mol. The molecular formula is C14H13ClN4. The van der Waals surface area contributed by atoms with Gasteiger partial charge < -0.3 is 10.3 Å². The molecule has 0 fully saturated rings. The molecule has 4 nitrogen and oxygen atoms in total. The van der Waals surface area contributed by atoms with Crippen LogP contribution in [0.3, 0.4) is 0 Å². The van der Waals surface area contributed by atoms with E-state index in [0.717, 1.165) is 24.0 Å². The van der Waals surface area contributed by atoms with Crippen LogP contribution in [-0.4, -0.2) is 14.5 Å². The van der Waals surface area contributed by atoms with Gasteiger partial charge in [0.1, 0.15) is 0 Å². The minimum absolute atomic E-state index is 0.515. The lowest BCUT2D eigenvalue weighted by molar-refractivity contribution is 0.724. The fourth-order valence-corrected chi connectivity index (χ4v) is 2.31. The van der Waals surface area contributed by atoms with Crippen LogP contribution in [0.4, 0.5) is 5.95 Å². The predicted octanol–water partition coefficient (Wildman–Crippen LogP) is 2.91. The van der Waals surface area contributed by atoms with Crippen molar-refractivity contribution >= 4 is 28.6 Å². The highest BCUT2D eigenvalue weighted by Gasteiger charge is 2.08. The van der Waals surface area contributed by atoms with E-state index in [1.807, 2.05) is 35.0 Å². The smallest absolute Gasteiger partial charge is 0.201 e. The van der Waals surface area contributed by atoms with Gasteiger partial charge in [-0.2, -0.15) is 0 Å². The van der Waals surface area contributed by atoms with Gasteiger partial charge in [0.15, 0.2) is 0 Å². The van der Waals surface area contributed by atoms with Crippen LogP contribution >= 0.6 is 11.6 Å². The van der Waals surface area contributed by atoms with Gasteiger partial charge in [-0.3, -0.25) is 4.98 Å². The molecule has 0 amide bonds. The Bertz CT molecular complexity index is 706. The first-order valence-corrected chi connectivity index (χ1v) is 6.42. The Morgan fingerprint density at radius 3 is 2.95 bits per heavy atom. The number of aryl methyl sites for hydroxylation is 2. The molecule has 0 saturated carbocycles. The van der Waals surface area contributed by atoms with Crippen LogP contribution in [0.15, 0.2) is 42.7 Å². The number of aromatic nitrogens is 3. The van der Waals surface area contributed by atoms with Gasteiger partial charge in [0.2, 0.25) is 5.95 Å². The molecule has 96 valence electrons. The number of nitrogen functional groups attached to an aromatic ring is 1. The minimum Gasteiger partial charge on any atom is -0.369 e. The fraction of sp³-hybridized carbons (Fsp3) is 0.143. The van der Waals surface area contributed by atoms with Crippen molar-refractivity contribution in [1.29, 1.82) is 0 Å². The van der Waals surface area contributed by atoms with Gasteiger partial charge in [-0.05, 0) is 36.2 Å². The van der Waals surface area contributed by atoms with Crippen LogP contribution in [0, 0.1) is 0 Å². The summed E-state index contributed by atoms with van der Waals surface area (Å²) in [5.74, 6) is 0.515. The number of rotatable bonds is 3. The maximum absolute atomic E-state index is 5.96. The van der Waals surface area contributed by atoms with E-state index < -0.39 is 0 Å². The van der Waals surface area contributed by atoms with E-state index in [1.165, 1.54) is 5.56 Å². The second kappa shape index (κ2) is 4.90. The molecule has 2 heterocycles. The Morgan fingerprint density at radius 2 is 2.16 bits per heavy atom. The first-order chi connectivity index (χ1) is 9.24. The lowest BCUT2D eigenvalue weighted by Crippen LogP contribution is -2.05. The summed E-state index contributed by atoms with van der Waals surface area (Å²) in [5, 5.41) is 0.671. The maximum atomic E-state index is 5.96. The number of benzene rings is 1. The van der Waals surface area contributed by atoms with Crippen molar-refractivity contribution in [2.45, 2.75) is 13.0 Å². The van der Waals surface area contributed by atoms with Crippen molar-refractivity contribution in [2.75, 3.05) is 5.73 Å². The summed E-state index contributed by atoms with van der Waals surface area (Å²) in [7, 11) is 0. The largest absolute Gasteiger partial charge is 0.369 e. The van der Waals surface area contributed by atoms with E-state index >= 15 is 0 Å². The Balaban J connectivity index is 1.90. The highest BCUT2D eigenvalue weighted by Crippen LogP contribution is 2.22. The lowest BCUT2D eigenvalue weighted by Gasteiger charge is -2.06. The van der Waals surface area contributed by atoms with Crippen molar-refractivity contribution in [3.05, 3.63) is 53.3 Å². The summed E-state index contributed by atoms with van der Waals surface area (Å²) in [4.78, 5) is 8.43. The number of fused-ring (bicyclic) bond motifs is 1. The Kier molecular flexibility index (Phi) is 3.09. The molecule has 0 aliphatic carbocycles. The van der Waals surface area contributed by atoms with Crippen molar-refractivity contribution in [2.24, 2.45) is 0 Å². The third-order valence-electron chi connectivity index (χ3n) is 3.09. The summed E-state index contributed by atoms with van der Waals surface area (Å²) < 4.78 is 2.00. The van der Waals surface area contributed by atoms with Crippen LogP contribution in [-0.2, 0) is 13.0 Å². The summed E-state index contributed by atoms with van der Waals surface area (Å²) in [6.07, 6.45) is 4.50. The molecule has 0 spiro atoms. The molecule has 0 radical (unpaired) electrons. The predicted molar refractivity (Wildman–Crippen MR) is 77.1 cm³/mol. The SMILES string of the molecule is Nc1nc2cc(Cl)ccc2n1CCc1cccnc1. The van der Waals surface area contributed by atoms with Crippen molar-refractivity contribution in [3.63, 3.8) is 0 Å². The zero-order chi connectivity index (χ0) is 13.2. The van der Waals surface area contributed by atoms with Crippen molar-refractivity contribution in [1.82, 2.24) is 14.5 Å². The van der Waals surface area contributed by atoms with Crippen LogP contribution < -0.4 is 5.73 Å². The number of hydrogen-bond acceptors (Lipinski definition) is 3. The van der Waals surface area contributed by atoms with Gasteiger partial charge in [-0.25, -0.2) is 4.98 Å². The van der Waals surface area contributed by atoms with E-state index in [4.69, 9.17) is 17.3 Å². The molecule has 0 aliphatic rings. The molecule has 0 bridgehead atoms. The fourth-order valence-electron chi connectivity index (χ4n) is 2.14. The number of pyridine rings is 1. The standard InChI is InChI=1S/C14H13ClN4/c15-11-3-4-13-12(8-11)18-14(16)19(13)7-5-10-2-1-6-17-9-10/h1-4,6,8-9H,5,7H2,(H2,16,18). The van der Waals surface area contributed by atoms with Gasteiger partial charge in [0.05, 0.1) is 11.0 Å². The summed E-state index contributed by atoms with van der Waals surface area (Å²) >= 11 is 5.95. The molecular weight excluding hydrogens is 260 g/mol. The maximum Gasteiger partial charge on any atom is 0.201 e. The number of nitrogens with zero attached hydrogens (tertiary/aromatic N) is 3. The van der Waals surface area contributed by atoms with Crippen LogP contribution in [0.1, 0.15) is 5.56 Å². The van der Waals surface area contributed by atoms with Gasteiger partial charge in [-0.1, -0.05) is 17.7 Å². The molecule has 3 rings (SSSR count). The van der Waals surface area contributed by atoms with Crippen molar-refractivity contribution < 1.29 is 0 Å². The molecule has 0 atom stereocenters. The highest BCUT2D eigenvalue weighted by atomic mass is 35.5. The Morgan fingerprint density at radius 1 is 1.26 bits per heavy atom. The molecule has 0 saturated heterocycles. The van der Waals surface area contributed by atoms with Crippen LogP contribution in [0.2, 0.25) is 5.02 Å². The Hall–Kier alpha value is -2.07. The minimum atomic E-state index is 0.515. The van der Waals surface area contributed by atoms with Gasteiger partial charge in [0.25, 0.3) is 0 Å². The third-order valence-corrected chi connectivity index (χ3v) is 3.32. The number of anilines is 1. The van der Waals surface area contributed by atoms with Gasteiger partial charge in [0, 0.05) is 24.0 Å². The quantitative estimate of drug-likeness (QED) is 0.798. The highest BCUT2D eigenvalue weighted by molar-refractivity contribution is 6.31. The van der Waals surface area contributed by atoms with E-state index in [0.29, 0.717) is 11.0 Å². The average Bonchev–Trinajstić information content (AvgIpc) is 2.72. The molecule has 3 aromatic rings. The number of nitrogens with two attached hydrogens (primary N) is 1. The molecule has 2 aromatic heterocycles. The summed E-state index contributed by atoms with van der Waals surface area (Å²) in [6.45, 7) is 0.773. The Labute approximate surface area is 115 Å². The third kappa shape index (κ3) is 2.39. The van der Waals surface area contributed by atoms with Gasteiger partial charge in [-0.15, -0.1) is 0 Å². The zero-order valence-electron chi connectivity index (χ0n) is 10.3. The average molecular weight is 273 g/mol. The topological polar surface area (TPSA) is 56.7 Å². The van der Waals surface area contributed by atoms with Gasteiger partial charge >= 0.3 is 0 Å². The van der Waals surface area contributed by atoms with E-state index in [1.54, 1.807) is 6.20 Å². The molecule has 0 aliphatic heterocycles. The summed E-state index contributed by atoms with van der Waals surface area (Å²) in [5.41, 5.74) is 8.97. The number of imidazole rings is 1. The second-order valence-electron chi connectivity index (χ2n) is 4.37. The normalized spacial score (nSPS) is 11.0. The van der Waals surface area contributed by atoms with Crippen LogP contribution in [0.25, 0.3) is 11.0 Å². The molecule has 2 N–H and O–H groups in total. The number of halogens is 1. The first kappa shape index (κ1) is 12.0. The molecule has 5 heteroatoms. The molecule has 19 heavy (non-hydrogen) atoms. The van der Waals surface area contributed by atoms with Crippen molar-refractivity contribution in [3.8, 4) is 0 Å². The summed E-state index contributed by atoms with van der Waals surface area (Å²) in [6, 6.07) is 9.62. The van der Waals surface area contributed by atoms with Crippen LogP contribution in [0.5, 0.6) is 0 Å². The van der Waals surface area contributed by atoms with E-state index in [2.05, 4.69) is 16.0 Å². The van der Waals surface area contributed by atoms with E-state index in [9.17, 15) is 0 Å².